The summed E-state index contributed by atoms with van der Waals surface area (Å²) < 4.78 is 25.7. The molecular weight excluding hydrogens is 368 g/mol. The van der Waals surface area contributed by atoms with Crippen molar-refractivity contribution in [3.63, 3.8) is 0 Å². The van der Waals surface area contributed by atoms with Crippen LogP contribution in [0.3, 0.4) is 0 Å². The first-order chi connectivity index (χ1) is 12.4. The van der Waals surface area contributed by atoms with Crippen LogP contribution < -0.4 is 0 Å². The van der Waals surface area contributed by atoms with Gasteiger partial charge in [-0.1, -0.05) is 49.6 Å². The largest absolute Gasteiger partial charge is 0.262 e. The van der Waals surface area contributed by atoms with Gasteiger partial charge in [0.25, 0.3) is 0 Å². The molecule has 0 radical (unpaired) electrons. The second-order valence-corrected chi connectivity index (χ2v) is 10.1. The van der Waals surface area contributed by atoms with Crippen molar-refractivity contribution in [1.29, 1.82) is 0 Å². The van der Waals surface area contributed by atoms with Crippen molar-refractivity contribution >= 4 is 21.8 Å². The number of nitrogens with one attached hydrogen (secondary N) is 1. The first-order valence-corrected chi connectivity index (χ1v) is 11.4. The van der Waals surface area contributed by atoms with Gasteiger partial charge in [0, 0.05) is 26.3 Å². The molecule has 1 heterocycles. The SMILES string of the molecule is CN(C)S(=O)(=O)c1cccc(CSc2n[nH]c(CCC3CCCC3)n2)c1. The number of rotatable bonds is 8. The third kappa shape index (κ3) is 4.86. The lowest BCUT2D eigenvalue weighted by Crippen LogP contribution is -2.22. The minimum atomic E-state index is -3.41. The third-order valence-electron chi connectivity index (χ3n) is 4.82. The van der Waals surface area contributed by atoms with E-state index in [0.717, 1.165) is 23.7 Å². The zero-order chi connectivity index (χ0) is 18.6. The van der Waals surface area contributed by atoms with Gasteiger partial charge in [-0.25, -0.2) is 17.7 Å². The number of benzene rings is 1. The van der Waals surface area contributed by atoms with Gasteiger partial charge in [0.1, 0.15) is 5.82 Å². The number of H-pyrrole nitrogens is 1. The predicted molar refractivity (Wildman–Crippen MR) is 104 cm³/mol. The molecule has 2 aromatic rings. The number of sulfonamides is 1. The van der Waals surface area contributed by atoms with Gasteiger partial charge in [0.05, 0.1) is 4.90 Å². The fourth-order valence-corrected chi connectivity index (χ4v) is 4.98. The minimum Gasteiger partial charge on any atom is -0.262 e. The zero-order valence-corrected chi connectivity index (χ0v) is 16.9. The van der Waals surface area contributed by atoms with E-state index in [1.54, 1.807) is 18.2 Å². The minimum absolute atomic E-state index is 0.313. The Labute approximate surface area is 159 Å². The molecule has 6 nitrogen and oxygen atoms in total. The Kier molecular flexibility index (Phi) is 6.37. The Morgan fingerprint density at radius 3 is 2.77 bits per heavy atom. The highest BCUT2D eigenvalue weighted by atomic mass is 32.2. The van der Waals surface area contributed by atoms with Crippen LogP contribution in [-0.4, -0.2) is 42.0 Å². The molecule has 1 N–H and O–H groups in total. The average molecular weight is 395 g/mol. The molecule has 0 atom stereocenters. The Bertz CT molecular complexity index is 827. The third-order valence-corrected chi connectivity index (χ3v) is 7.55. The Balaban J connectivity index is 1.56. The number of aryl methyl sites for hydroxylation is 1. The fraction of sp³-hybridized carbons (Fsp3) is 0.556. The van der Waals surface area contributed by atoms with Crippen molar-refractivity contribution in [2.24, 2.45) is 5.92 Å². The zero-order valence-electron chi connectivity index (χ0n) is 15.3. The molecular formula is C18H26N4O2S2. The molecule has 26 heavy (non-hydrogen) atoms. The fourth-order valence-electron chi connectivity index (χ4n) is 3.25. The van der Waals surface area contributed by atoms with Crippen molar-refractivity contribution in [3.05, 3.63) is 35.7 Å². The van der Waals surface area contributed by atoms with Crippen LogP contribution in [0, 0.1) is 5.92 Å². The molecule has 0 aliphatic heterocycles. The number of aromatic nitrogens is 3. The summed E-state index contributed by atoms with van der Waals surface area (Å²) in [6.45, 7) is 0. The predicted octanol–water partition coefficient (Wildman–Crippen LogP) is 3.47. The molecule has 1 fully saturated rings. The highest BCUT2D eigenvalue weighted by molar-refractivity contribution is 7.98. The van der Waals surface area contributed by atoms with E-state index in [1.807, 2.05) is 6.07 Å². The maximum atomic E-state index is 12.2. The van der Waals surface area contributed by atoms with Gasteiger partial charge in [0.2, 0.25) is 15.2 Å². The van der Waals surface area contributed by atoms with Crippen LogP contribution in [0.4, 0.5) is 0 Å². The number of thioether (sulfide) groups is 1. The number of hydrogen-bond acceptors (Lipinski definition) is 5. The van der Waals surface area contributed by atoms with E-state index in [-0.39, 0.29) is 0 Å². The van der Waals surface area contributed by atoms with Gasteiger partial charge in [0.15, 0.2) is 0 Å². The van der Waals surface area contributed by atoms with Gasteiger partial charge in [-0.3, -0.25) is 5.10 Å². The average Bonchev–Trinajstić information content (AvgIpc) is 3.30. The molecule has 1 aliphatic carbocycles. The number of aromatic amines is 1. The highest BCUT2D eigenvalue weighted by Gasteiger charge is 2.18. The van der Waals surface area contributed by atoms with Crippen molar-refractivity contribution in [3.8, 4) is 0 Å². The lowest BCUT2D eigenvalue weighted by molar-refractivity contribution is 0.497. The molecule has 0 bridgehead atoms. The van der Waals surface area contributed by atoms with E-state index in [9.17, 15) is 8.42 Å². The molecule has 1 aromatic heterocycles. The van der Waals surface area contributed by atoms with Crippen molar-refractivity contribution in [2.45, 2.75) is 54.3 Å². The van der Waals surface area contributed by atoms with E-state index in [2.05, 4.69) is 15.2 Å². The Morgan fingerprint density at radius 1 is 1.27 bits per heavy atom. The maximum absolute atomic E-state index is 12.2. The van der Waals surface area contributed by atoms with Crippen molar-refractivity contribution in [2.75, 3.05) is 14.1 Å². The van der Waals surface area contributed by atoms with Crippen LogP contribution in [0.1, 0.15) is 43.5 Å². The van der Waals surface area contributed by atoms with Gasteiger partial charge in [-0.05, 0) is 30.0 Å². The van der Waals surface area contributed by atoms with E-state index < -0.39 is 10.0 Å². The molecule has 1 saturated carbocycles. The van der Waals surface area contributed by atoms with E-state index in [1.165, 1.54) is 62.3 Å². The first kappa shape index (κ1) is 19.4. The van der Waals surface area contributed by atoms with Crippen LogP contribution >= 0.6 is 11.8 Å². The number of nitrogens with zero attached hydrogens (tertiary/aromatic N) is 3. The molecule has 0 amide bonds. The van der Waals surface area contributed by atoms with Crippen LogP contribution in [0.15, 0.2) is 34.3 Å². The molecule has 0 spiro atoms. The molecule has 142 valence electrons. The molecule has 3 rings (SSSR count). The standard InChI is InChI=1S/C18H26N4O2S2/c1-22(2)26(23,24)16-9-5-8-15(12-16)13-25-18-19-17(20-21-18)11-10-14-6-3-4-7-14/h5,8-9,12,14H,3-4,6-7,10-11,13H2,1-2H3,(H,19,20,21). The highest BCUT2D eigenvalue weighted by Crippen LogP contribution is 2.28. The quantitative estimate of drug-likeness (QED) is 0.694. The summed E-state index contributed by atoms with van der Waals surface area (Å²) >= 11 is 1.52. The molecule has 1 aliphatic rings. The monoisotopic (exact) mass is 394 g/mol. The summed E-state index contributed by atoms with van der Waals surface area (Å²) in [7, 11) is -0.329. The second-order valence-electron chi connectivity index (χ2n) is 6.98. The van der Waals surface area contributed by atoms with Gasteiger partial charge in [-0.2, -0.15) is 0 Å². The number of hydrogen-bond donors (Lipinski definition) is 1. The van der Waals surface area contributed by atoms with Crippen LogP contribution in [-0.2, 0) is 22.2 Å². The summed E-state index contributed by atoms with van der Waals surface area (Å²) in [6.07, 6.45) is 7.57. The molecule has 8 heteroatoms. The van der Waals surface area contributed by atoms with Gasteiger partial charge >= 0.3 is 0 Å². The summed E-state index contributed by atoms with van der Waals surface area (Å²) in [5.41, 5.74) is 0.940. The van der Waals surface area contributed by atoms with Crippen LogP contribution in [0.5, 0.6) is 0 Å². The smallest absolute Gasteiger partial charge is 0.242 e. The second kappa shape index (κ2) is 8.54. The lowest BCUT2D eigenvalue weighted by atomic mass is 10.0. The van der Waals surface area contributed by atoms with Crippen molar-refractivity contribution in [1.82, 2.24) is 19.5 Å². The first-order valence-electron chi connectivity index (χ1n) is 9.00. The molecule has 1 aromatic carbocycles. The summed E-state index contributed by atoms with van der Waals surface area (Å²) in [5.74, 6) is 2.43. The van der Waals surface area contributed by atoms with E-state index in [4.69, 9.17) is 0 Å². The molecule has 0 unspecified atom stereocenters. The van der Waals surface area contributed by atoms with Crippen LogP contribution in [0.2, 0.25) is 0 Å². The summed E-state index contributed by atoms with van der Waals surface area (Å²) in [4.78, 5) is 4.87. The summed E-state index contributed by atoms with van der Waals surface area (Å²) in [6, 6.07) is 7.04. The van der Waals surface area contributed by atoms with Gasteiger partial charge in [-0.15, -0.1) is 5.10 Å². The van der Waals surface area contributed by atoms with Crippen molar-refractivity contribution < 1.29 is 8.42 Å². The normalized spacial score (nSPS) is 15.8. The topological polar surface area (TPSA) is 79.0 Å². The maximum Gasteiger partial charge on any atom is 0.242 e. The Hall–Kier alpha value is -1.38. The summed E-state index contributed by atoms with van der Waals surface area (Å²) in [5, 5.41) is 8.02. The lowest BCUT2D eigenvalue weighted by Gasteiger charge is -2.12. The van der Waals surface area contributed by atoms with Crippen LogP contribution in [0.25, 0.3) is 0 Å². The van der Waals surface area contributed by atoms with E-state index >= 15 is 0 Å². The van der Waals surface area contributed by atoms with E-state index in [0.29, 0.717) is 15.8 Å². The molecule has 0 saturated heterocycles. The van der Waals surface area contributed by atoms with Gasteiger partial charge < -0.3 is 0 Å². The Morgan fingerprint density at radius 2 is 2.04 bits per heavy atom.